The van der Waals surface area contributed by atoms with Crippen molar-refractivity contribution in [3.63, 3.8) is 0 Å². The highest BCUT2D eigenvalue weighted by atomic mass is 16.4. The molecule has 3 atom stereocenters. The second-order valence-electron chi connectivity index (χ2n) is 6.12. The normalized spacial score (nSPS) is 31.4. The fourth-order valence-electron chi connectivity index (χ4n) is 3.35. The van der Waals surface area contributed by atoms with Crippen LogP contribution >= 0.6 is 0 Å². The topological polar surface area (TPSA) is 64.1 Å². The number of likely N-dealkylation sites (N-methyl/N-ethyl adjacent to an activating group) is 2. The van der Waals surface area contributed by atoms with Gasteiger partial charge in [0.15, 0.2) is 0 Å². The van der Waals surface area contributed by atoms with Gasteiger partial charge in [-0.1, -0.05) is 0 Å². The van der Waals surface area contributed by atoms with Crippen LogP contribution in [0.25, 0.3) is 0 Å². The first kappa shape index (κ1) is 15.1. The Morgan fingerprint density at radius 3 is 2.50 bits per heavy atom. The number of urea groups is 1. The number of amides is 2. The molecule has 2 saturated heterocycles. The van der Waals surface area contributed by atoms with Crippen molar-refractivity contribution in [1.82, 2.24) is 14.7 Å². The van der Waals surface area contributed by atoms with Crippen molar-refractivity contribution in [2.45, 2.75) is 38.3 Å². The van der Waals surface area contributed by atoms with Crippen molar-refractivity contribution in [1.29, 1.82) is 0 Å². The maximum Gasteiger partial charge on any atom is 0.320 e. The molecule has 6 heteroatoms. The summed E-state index contributed by atoms with van der Waals surface area (Å²) < 4.78 is 0. The van der Waals surface area contributed by atoms with E-state index in [4.69, 9.17) is 5.11 Å². The minimum atomic E-state index is -0.798. The molecule has 0 spiro atoms. The highest BCUT2D eigenvalue weighted by molar-refractivity contribution is 5.78. The molecule has 2 fully saturated rings. The van der Waals surface area contributed by atoms with Gasteiger partial charge in [-0.3, -0.25) is 4.79 Å². The highest BCUT2D eigenvalue weighted by Gasteiger charge is 2.40. The average Bonchev–Trinajstić information content (AvgIpc) is 2.79. The lowest BCUT2D eigenvalue weighted by Crippen LogP contribution is -2.52. The van der Waals surface area contributed by atoms with Crippen LogP contribution in [-0.4, -0.2) is 77.6 Å². The van der Waals surface area contributed by atoms with Crippen LogP contribution in [0.15, 0.2) is 0 Å². The number of aliphatic carboxylic acids is 1. The van der Waals surface area contributed by atoms with Crippen LogP contribution in [0.2, 0.25) is 0 Å². The van der Waals surface area contributed by atoms with E-state index >= 15 is 0 Å². The Morgan fingerprint density at radius 1 is 1.25 bits per heavy atom. The molecule has 2 heterocycles. The summed E-state index contributed by atoms with van der Waals surface area (Å²) in [7, 11) is 3.91. The molecule has 0 aromatic carbocycles. The highest BCUT2D eigenvalue weighted by Crippen LogP contribution is 2.26. The number of carbonyl (C=O) groups is 2. The van der Waals surface area contributed by atoms with Gasteiger partial charge in [0.2, 0.25) is 0 Å². The van der Waals surface area contributed by atoms with Crippen LogP contribution in [0, 0.1) is 5.92 Å². The van der Waals surface area contributed by atoms with E-state index in [0.29, 0.717) is 13.0 Å². The molecular formula is C14H25N3O3. The van der Waals surface area contributed by atoms with Crippen molar-refractivity contribution in [2.24, 2.45) is 5.92 Å². The van der Waals surface area contributed by atoms with Gasteiger partial charge in [0.25, 0.3) is 0 Å². The Morgan fingerprint density at radius 2 is 1.95 bits per heavy atom. The first-order valence-electron chi connectivity index (χ1n) is 7.36. The van der Waals surface area contributed by atoms with Gasteiger partial charge >= 0.3 is 12.0 Å². The maximum absolute atomic E-state index is 12.6. The summed E-state index contributed by atoms with van der Waals surface area (Å²) in [6, 6.07) is -0.0114. The number of hydrogen-bond acceptors (Lipinski definition) is 3. The molecule has 0 saturated carbocycles. The number of rotatable bonds is 2. The maximum atomic E-state index is 12.6. The SMILES string of the molecule is CC1C(C(=O)O)CCN1C(=O)N(C)C1CCCN(C)C1. The number of likely N-dealkylation sites (tertiary alicyclic amines) is 2. The molecule has 0 bridgehead atoms. The summed E-state index contributed by atoms with van der Waals surface area (Å²) in [4.78, 5) is 29.5. The van der Waals surface area contributed by atoms with Gasteiger partial charge in [-0.2, -0.15) is 0 Å². The Balaban J connectivity index is 1.98. The largest absolute Gasteiger partial charge is 0.481 e. The Kier molecular flexibility index (Phi) is 4.52. The van der Waals surface area contributed by atoms with E-state index in [9.17, 15) is 9.59 Å². The van der Waals surface area contributed by atoms with E-state index < -0.39 is 11.9 Å². The van der Waals surface area contributed by atoms with Crippen LogP contribution in [0.5, 0.6) is 0 Å². The zero-order valence-corrected chi connectivity index (χ0v) is 12.6. The van der Waals surface area contributed by atoms with E-state index in [1.54, 1.807) is 9.80 Å². The van der Waals surface area contributed by atoms with E-state index in [1.807, 2.05) is 14.0 Å². The smallest absolute Gasteiger partial charge is 0.320 e. The van der Waals surface area contributed by atoms with Gasteiger partial charge < -0.3 is 19.8 Å². The van der Waals surface area contributed by atoms with Gasteiger partial charge in [0.05, 0.1) is 5.92 Å². The van der Waals surface area contributed by atoms with E-state index in [1.165, 1.54) is 0 Å². The van der Waals surface area contributed by atoms with E-state index in [2.05, 4.69) is 11.9 Å². The van der Waals surface area contributed by atoms with Crippen molar-refractivity contribution in [2.75, 3.05) is 33.7 Å². The third-order valence-corrected chi connectivity index (χ3v) is 4.77. The summed E-state index contributed by atoms with van der Waals surface area (Å²) in [5.74, 6) is -1.23. The Hall–Kier alpha value is -1.30. The van der Waals surface area contributed by atoms with Crippen molar-refractivity contribution < 1.29 is 14.7 Å². The first-order valence-corrected chi connectivity index (χ1v) is 7.36. The van der Waals surface area contributed by atoms with Crippen LogP contribution in [0.4, 0.5) is 4.79 Å². The number of piperidine rings is 1. The fourth-order valence-corrected chi connectivity index (χ4v) is 3.35. The van der Waals surface area contributed by atoms with Gasteiger partial charge in [-0.05, 0) is 39.8 Å². The molecule has 2 aliphatic rings. The van der Waals surface area contributed by atoms with Gasteiger partial charge in [0, 0.05) is 32.2 Å². The Bertz CT molecular complexity index is 388. The summed E-state index contributed by atoms with van der Waals surface area (Å²) >= 11 is 0. The lowest BCUT2D eigenvalue weighted by Gasteiger charge is -2.38. The standard InChI is InChI=1S/C14H25N3O3/c1-10-12(13(18)19)6-8-17(10)14(20)16(3)11-5-4-7-15(2)9-11/h10-12H,4-9H2,1-3H3,(H,18,19). The predicted molar refractivity (Wildman–Crippen MR) is 75.6 cm³/mol. The van der Waals surface area contributed by atoms with Crippen molar-refractivity contribution in [3.8, 4) is 0 Å². The lowest BCUT2D eigenvalue weighted by molar-refractivity contribution is -0.142. The molecule has 114 valence electrons. The van der Waals surface area contributed by atoms with Crippen molar-refractivity contribution >= 4 is 12.0 Å². The monoisotopic (exact) mass is 283 g/mol. The lowest BCUT2D eigenvalue weighted by atomic mass is 10.0. The van der Waals surface area contributed by atoms with Crippen LogP contribution < -0.4 is 0 Å². The number of nitrogens with zero attached hydrogens (tertiary/aromatic N) is 3. The Labute approximate surface area is 120 Å². The van der Waals surface area contributed by atoms with E-state index in [0.717, 1.165) is 25.9 Å². The quantitative estimate of drug-likeness (QED) is 0.819. The molecule has 2 amide bonds. The minimum absolute atomic E-state index is 0.0263. The van der Waals surface area contributed by atoms with Crippen LogP contribution in [0.1, 0.15) is 26.2 Å². The molecule has 6 nitrogen and oxygen atoms in total. The minimum Gasteiger partial charge on any atom is -0.481 e. The zero-order chi connectivity index (χ0) is 14.9. The van der Waals surface area contributed by atoms with Crippen molar-refractivity contribution in [3.05, 3.63) is 0 Å². The molecule has 0 aliphatic carbocycles. The summed E-state index contributed by atoms with van der Waals surface area (Å²) in [5, 5.41) is 9.15. The number of carbonyl (C=O) groups excluding carboxylic acids is 1. The number of carboxylic acid groups (broad SMARTS) is 1. The van der Waals surface area contributed by atoms with Gasteiger partial charge in [-0.15, -0.1) is 0 Å². The molecule has 2 rings (SSSR count). The molecule has 2 aliphatic heterocycles. The molecule has 0 aromatic rings. The zero-order valence-electron chi connectivity index (χ0n) is 12.6. The van der Waals surface area contributed by atoms with Crippen LogP contribution in [-0.2, 0) is 4.79 Å². The fraction of sp³-hybridized carbons (Fsp3) is 0.857. The molecule has 1 N–H and O–H groups in total. The number of carboxylic acids is 1. The summed E-state index contributed by atoms with van der Waals surface area (Å²) in [6.07, 6.45) is 2.68. The molecule has 20 heavy (non-hydrogen) atoms. The summed E-state index contributed by atoms with van der Waals surface area (Å²) in [6.45, 7) is 4.36. The van der Waals surface area contributed by atoms with Gasteiger partial charge in [0.1, 0.15) is 0 Å². The van der Waals surface area contributed by atoms with Gasteiger partial charge in [-0.25, -0.2) is 4.79 Å². The molecule has 3 unspecified atom stereocenters. The molecule has 0 aromatic heterocycles. The summed E-state index contributed by atoms with van der Waals surface area (Å²) in [5.41, 5.74) is 0. The third-order valence-electron chi connectivity index (χ3n) is 4.77. The predicted octanol–water partition coefficient (Wildman–Crippen LogP) is 0.927. The third kappa shape index (κ3) is 2.90. The van der Waals surface area contributed by atoms with E-state index in [-0.39, 0.29) is 18.1 Å². The first-order chi connectivity index (χ1) is 9.41. The molecule has 0 radical (unpaired) electrons. The second kappa shape index (κ2) is 5.99. The average molecular weight is 283 g/mol. The number of hydrogen-bond donors (Lipinski definition) is 1. The molecular weight excluding hydrogens is 258 g/mol. The second-order valence-corrected chi connectivity index (χ2v) is 6.12. The van der Waals surface area contributed by atoms with Crippen LogP contribution in [0.3, 0.4) is 0 Å².